The van der Waals surface area contributed by atoms with Gasteiger partial charge in [-0.05, 0) is 49.2 Å². The number of benzene rings is 2. The number of hydrogen-bond acceptors (Lipinski definition) is 7. The zero-order chi connectivity index (χ0) is 23.3. The first-order valence-corrected chi connectivity index (χ1v) is 10.9. The summed E-state index contributed by atoms with van der Waals surface area (Å²) in [4.78, 5) is 22.5. The first-order chi connectivity index (χ1) is 15.2. The van der Waals surface area contributed by atoms with Crippen molar-refractivity contribution >= 4 is 27.3 Å². The SMILES string of the molecule is O=C(COc1ccc(S(=O)(=O)N2CCCC2)cc1[N+](=O)[O-])Nc1ccc(OC(F)F)cc1. The predicted molar refractivity (Wildman–Crippen MR) is 108 cm³/mol. The molecule has 1 N–H and O–H groups in total. The molecule has 0 unspecified atom stereocenters. The number of nitrogens with zero attached hydrogens (tertiary/aromatic N) is 2. The number of nitro groups is 1. The second-order valence-electron chi connectivity index (χ2n) is 6.74. The molecular weight excluding hydrogens is 452 g/mol. The molecule has 32 heavy (non-hydrogen) atoms. The molecule has 1 fully saturated rings. The Morgan fingerprint density at radius 1 is 1.16 bits per heavy atom. The van der Waals surface area contributed by atoms with Crippen molar-refractivity contribution in [1.82, 2.24) is 4.31 Å². The van der Waals surface area contributed by atoms with Crippen LogP contribution < -0.4 is 14.8 Å². The minimum absolute atomic E-state index is 0.0890. The summed E-state index contributed by atoms with van der Waals surface area (Å²) >= 11 is 0. The maximum absolute atomic E-state index is 12.6. The van der Waals surface area contributed by atoms with Crippen LogP contribution in [0.25, 0.3) is 0 Å². The second-order valence-corrected chi connectivity index (χ2v) is 8.68. The van der Waals surface area contributed by atoms with Crippen LogP contribution in [-0.4, -0.2) is 49.9 Å². The van der Waals surface area contributed by atoms with Crippen LogP contribution in [0, 0.1) is 10.1 Å². The van der Waals surface area contributed by atoms with Gasteiger partial charge < -0.3 is 14.8 Å². The van der Waals surface area contributed by atoms with E-state index in [4.69, 9.17) is 4.74 Å². The van der Waals surface area contributed by atoms with Gasteiger partial charge in [-0.1, -0.05) is 0 Å². The number of halogens is 2. The van der Waals surface area contributed by atoms with Gasteiger partial charge in [0.05, 0.1) is 9.82 Å². The summed E-state index contributed by atoms with van der Waals surface area (Å²) in [5, 5.41) is 13.9. The molecule has 0 radical (unpaired) electrons. The third kappa shape index (κ3) is 5.68. The quantitative estimate of drug-likeness (QED) is 0.440. The van der Waals surface area contributed by atoms with Crippen molar-refractivity contribution in [2.24, 2.45) is 0 Å². The fourth-order valence-electron chi connectivity index (χ4n) is 3.06. The lowest BCUT2D eigenvalue weighted by molar-refractivity contribution is -0.386. The van der Waals surface area contributed by atoms with Gasteiger partial charge in [0.15, 0.2) is 12.4 Å². The number of carbonyl (C=O) groups excluding carboxylic acids is 1. The molecule has 2 aromatic carbocycles. The van der Waals surface area contributed by atoms with Crippen molar-refractivity contribution in [1.29, 1.82) is 0 Å². The highest BCUT2D eigenvalue weighted by atomic mass is 32.2. The largest absolute Gasteiger partial charge is 0.477 e. The molecule has 1 aliphatic heterocycles. The maximum atomic E-state index is 12.6. The zero-order valence-corrected chi connectivity index (χ0v) is 17.4. The van der Waals surface area contributed by atoms with Gasteiger partial charge in [-0.15, -0.1) is 0 Å². The fourth-order valence-corrected chi connectivity index (χ4v) is 4.60. The van der Waals surface area contributed by atoms with Gasteiger partial charge in [0.2, 0.25) is 10.0 Å². The first-order valence-electron chi connectivity index (χ1n) is 9.43. The van der Waals surface area contributed by atoms with Crippen LogP contribution in [0.4, 0.5) is 20.2 Å². The molecule has 1 aliphatic rings. The van der Waals surface area contributed by atoms with Crippen molar-refractivity contribution in [3.63, 3.8) is 0 Å². The second kappa shape index (κ2) is 9.87. The van der Waals surface area contributed by atoms with Gasteiger partial charge in [-0.3, -0.25) is 14.9 Å². The topological polar surface area (TPSA) is 128 Å². The Labute approximate surface area is 181 Å². The number of rotatable bonds is 9. The highest BCUT2D eigenvalue weighted by Crippen LogP contribution is 2.31. The number of sulfonamides is 1. The minimum Gasteiger partial charge on any atom is -0.477 e. The van der Waals surface area contributed by atoms with Crippen LogP contribution in [0.15, 0.2) is 47.4 Å². The summed E-state index contributed by atoms with van der Waals surface area (Å²) in [7, 11) is -3.86. The van der Waals surface area contributed by atoms with E-state index in [0.29, 0.717) is 13.1 Å². The van der Waals surface area contributed by atoms with Gasteiger partial charge in [0.25, 0.3) is 5.91 Å². The van der Waals surface area contributed by atoms with Crippen molar-refractivity contribution in [3.8, 4) is 11.5 Å². The summed E-state index contributed by atoms with van der Waals surface area (Å²) in [6.07, 6.45) is 1.44. The predicted octanol–water partition coefficient (Wildman–Crippen LogP) is 3.00. The monoisotopic (exact) mass is 471 g/mol. The molecule has 1 heterocycles. The Morgan fingerprint density at radius 2 is 1.81 bits per heavy atom. The van der Waals surface area contributed by atoms with E-state index >= 15 is 0 Å². The average molecular weight is 471 g/mol. The summed E-state index contributed by atoms with van der Waals surface area (Å²) in [6, 6.07) is 8.34. The Morgan fingerprint density at radius 3 is 2.41 bits per heavy atom. The maximum Gasteiger partial charge on any atom is 0.387 e. The standard InChI is InChI=1S/C19H19F2N3O7S/c20-19(21)31-14-5-3-13(4-6-14)22-18(25)12-30-17-8-7-15(11-16(17)24(26)27)32(28,29)23-9-1-2-10-23/h3-8,11,19H,1-2,9-10,12H2,(H,22,25). The van der Waals surface area contributed by atoms with Crippen molar-refractivity contribution < 1.29 is 36.4 Å². The van der Waals surface area contributed by atoms with E-state index in [1.165, 1.54) is 34.6 Å². The molecule has 0 saturated carbocycles. The van der Waals surface area contributed by atoms with Gasteiger partial charge in [-0.2, -0.15) is 13.1 Å². The highest BCUT2D eigenvalue weighted by molar-refractivity contribution is 7.89. The molecule has 10 nitrogen and oxygen atoms in total. The van der Waals surface area contributed by atoms with Crippen LogP contribution in [-0.2, 0) is 14.8 Å². The number of nitro benzene ring substituents is 1. The van der Waals surface area contributed by atoms with Gasteiger partial charge >= 0.3 is 12.3 Å². The normalized spacial score (nSPS) is 14.3. The van der Waals surface area contributed by atoms with E-state index in [0.717, 1.165) is 25.0 Å². The van der Waals surface area contributed by atoms with Crippen LogP contribution in [0.5, 0.6) is 11.5 Å². The van der Waals surface area contributed by atoms with E-state index in [1.807, 2.05) is 0 Å². The third-order valence-electron chi connectivity index (χ3n) is 4.55. The van der Waals surface area contributed by atoms with E-state index in [-0.39, 0.29) is 22.1 Å². The van der Waals surface area contributed by atoms with Crippen molar-refractivity contribution in [2.45, 2.75) is 24.3 Å². The van der Waals surface area contributed by atoms with Crippen LogP contribution >= 0.6 is 0 Å². The molecule has 172 valence electrons. The van der Waals surface area contributed by atoms with Gasteiger partial charge in [-0.25, -0.2) is 8.42 Å². The Balaban J connectivity index is 1.66. The smallest absolute Gasteiger partial charge is 0.387 e. The summed E-state index contributed by atoms with van der Waals surface area (Å²) in [6.45, 7) is -2.88. The molecule has 3 rings (SSSR count). The Kier molecular flexibility index (Phi) is 7.20. The lowest BCUT2D eigenvalue weighted by atomic mass is 10.3. The molecule has 0 aromatic heterocycles. The lowest BCUT2D eigenvalue weighted by Gasteiger charge is -2.16. The Hall–Kier alpha value is -3.32. The van der Waals surface area contributed by atoms with Crippen LogP contribution in [0.2, 0.25) is 0 Å². The van der Waals surface area contributed by atoms with Crippen LogP contribution in [0.1, 0.15) is 12.8 Å². The number of hydrogen-bond donors (Lipinski definition) is 1. The zero-order valence-electron chi connectivity index (χ0n) is 16.6. The van der Waals surface area contributed by atoms with Crippen LogP contribution in [0.3, 0.4) is 0 Å². The molecule has 0 bridgehead atoms. The average Bonchev–Trinajstić information content (AvgIpc) is 3.29. The summed E-state index contributed by atoms with van der Waals surface area (Å²) in [5.41, 5.74) is -0.326. The van der Waals surface area contributed by atoms with E-state index in [1.54, 1.807) is 0 Å². The third-order valence-corrected chi connectivity index (χ3v) is 6.45. The molecule has 0 aliphatic carbocycles. The van der Waals surface area contributed by atoms with Gasteiger partial charge in [0, 0.05) is 24.8 Å². The first kappa shape index (κ1) is 23.3. The number of amides is 1. The molecule has 1 amide bonds. The molecule has 1 saturated heterocycles. The molecule has 0 spiro atoms. The highest BCUT2D eigenvalue weighted by Gasteiger charge is 2.30. The molecular formula is C19H19F2N3O7S. The summed E-state index contributed by atoms with van der Waals surface area (Å²) < 4.78 is 60.2. The molecule has 13 heteroatoms. The van der Waals surface area contributed by atoms with E-state index in [2.05, 4.69) is 10.1 Å². The minimum atomic E-state index is -3.86. The van der Waals surface area contributed by atoms with Crippen molar-refractivity contribution in [3.05, 3.63) is 52.6 Å². The number of alkyl halides is 2. The number of nitrogens with one attached hydrogen (secondary N) is 1. The lowest BCUT2D eigenvalue weighted by Crippen LogP contribution is -2.28. The number of anilines is 1. The summed E-state index contributed by atoms with van der Waals surface area (Å²) in [5.74, 6) is -1.03. The number of carbonyl (C=O) groups is 1. The van der Waals surface area contributed by atoms with Gasteiger partial charge in [0.1, 0.15) is 5.75 Å². The molecule has 2 aromatic rings. The van der Waals surface area contributed by atoms with Crippen molar-refractivity contribution in [2.75, 3.05) is 25.0 Å². The molecule has 0 atom stereocenters. The van der Waals surface area contributed by atoms with E-state index in [9.17, 15) is 32.1 Å². The van der Waals surface area contributed by atoms with E-state index < -0.39 is 39.8 Å². The Bertz CT molecular complexity index is 1090. The number of ether oxygens (including phenoxy) is 2. The fraction of sp³-hybridized carbons (Fsp3) is 0.316.